The second kappa shape index (κ2) is 9.60. The van der Waals surface area contributed by atoms with Gasteiger partial charge in [0.15, 0.2) is 0 Å². The number of unbranched alkanes of at least 4 members (excludes halogenated alkanes) is 2. The molecule has 2 saturated carbocycles. The van der Waals surface area contributed by atoms with Crippen LogP contribution in [-0.4, -0.2) is 10.5 Å². The van der Waals surface area contributed by atoms with E-state index in [1.54, 1.807) is 25.7 Å². The minimum atomic E-state index is 0.615. The Hall–Kier alpha value is 0.350. The Labute approximate surface area is 144 Å². The number of rotatable bonds is 8. The van der Waals surface area contributed by atoms with Gasteiger partial charge in [-0.05, 0) is 68.5 Å². The molecule has 0 amide bonds. The molecule has 0 aromatic heterocycles. The Morgan fingerprint density at radius 2 is 1.45 bits per heavy atom. The van der Waals surface area contributed by atoms with Crippen molar-refractivity contribution in [3.8, 4) is 0 Å². The van der Waals surface area contributed by atoms with Gasteiger partial charge in [-0.2, -0.15) is 11.8 Å². The van der Waals surface area contributed by atoms with E-state index in [1.807, 2.05) is 0 Å². The largest absolute Gasteiger partial charge is 0.155 e. The third kappa shape index (κ3) is 5.77. The molecule has 0 saturated heterocycles. The highest BCUT2D eigenvalue weighted by atomic mass is 32.2. The predicted octanol–water partition coefficient (Wildman–Crippen LogP) is 7.47. The van der Waals surface area contributed by atoms with Gasteiger partial charge in [0, 0.05) is 4.75 Å². The van der Waals surface area contributed by atoms with Crippen LogP contribution < -0.4 is 0 Å². The van der Waals surface area contributed by atoms with Crippen LogP contribution in [0.1, 0.15) is 104 Å². The van der Waals surface area contributed by atoms with E-state index in [2.05, 4.69) is 32.5 Å². The van der Waals surface area contributed by atoms with Crippen molar-refractivity contribution in [1.29, 1.82) is 0 Å². The lowest BCUT2D eigenvalue weighted by molar-refractivity contribution is 0.153. The fourth-order valence-electron chi connectivity index (χ4n) is 4.85. The van der Waals surface area contributed by atoms with E-state index in [-0.39, 0.29) is 0 Å². The van der Waals surface area contributed by atoms with E-state index in [1.165, 1.54) is 63.5 Å². The van der Waals surface area contributed by atoms with Crippen molar-refractivity contribution in [2.75, 3.05) is 5.75 Å². The maximum Gasteiger partial charge on any atom is 0.0132 e. The molecule has 0 atom stereocenters. The first kappa shape index (κ1) is 18.7. The van der Waals surface area contributed by atoms with Crippen LogP contribution in [0.5, 0.6) is 0 Å². The SMILES string of the molecule is CCCCCC1CCC(C2CCC(C)(SCCC)CC2)CC1. The first-order valence-corrected chi connectivity index (χ1v) is 11.3. The van der Waals surface area contributed by atoms with E-state index in [0.717, 1.165) is 17.8 Å². The number of hydrogen-bond acceptors (Lipinski definition) is 1. The summed E-state index contributed by atoms with van der Waals surface area (Å²) in [6.45, 7) is 7.18. The number of thioether (sulfide) groups is 1. The van der Waals surface area contributed by atoms with Crippen molar-refractivity contribution in [3.63, 3.8) is 0 Å². The molecule has 2 fully saturated rings. The van der Waals surface area contributed by atoms with Gasteiger partial charge in [-0.1, -0.05) is 59.3 Å². The van der Waals surface area contributed by atoms with Gasteiger partial charge in [0.25, 0.3) is 0 Å². The van der Waals surface area contributed by atoms with E-state index in [0.29, 0.717) is 4.75 Å². The van der Waals surface area contributed by atoms with Gasteiger partial charge in [0.05, 0.1) is 0 Å². The van der Waals surface area contributed by atoms with Crippen LogP contribution in [0.3, 0.4) is 0 Å². The summed E-state index contributed by atoms with van der Waals surface area (Å²) in [5, 5.41) is 0. The Morgan fingerprint density at radius 3 is 2.05 bits per heavy atom. The van der Waals surface area contributed by atoms with Crippen molar-refractivity contribution in [1.82, 2.24) is 0 Å². The van der Waals surface area contributed by atoms with Crippen LogP contribution in [-0.2, 0) is 0 Å². The molecular formula is C21H40S. The van der Waals surface area contributed by atoms with Gasteiger partial charge >= 0.3 is 0 Å². The molecule has 2 aliphatic rings. The maximum atomic E-state index is 2.54. The fraction of sp³-hybridized carbons (Fsp3) is 1.00. The Bertz CT molecular complexity index is 282. The zero-order valence-corrected chi connectivity index (χ0v) is 16.4. The van der Waals surface area contributed by atoms with E-state index >= 15 is 0 Å². The van der Waals surface area contributed by atoms with Crippen molar-refractivity contribution < 1.29 is 0 Å². The van der Waals surface area contributed by atoms with Crippen LogP contribution in [0.15, 0.2) is 0 Å². The van der Waals surface area contributed by atoms with Crippen LogP contribution in [0.25, 0.3) is 0 Å². The lowest BCUT2D eigenvalue weighted by Crippen LogP contribution is -2.32. The fourth-order valence-corrected chi connectivity index (χ4v) is 6.07. The highest BCUT2D eigenvalue weighted by Gasteiger charge is 2.35. The van der Waals surface area contributed by atoms with E-state index in [9.17, 15) is 0 Å². The highest BCUT2D eigenvalue weighted by molar-refractivity contribution is 8.00. The molecule has 0 radical (unpaired) electrons. The third-order valence-corrected chi connectivity index (χ3v) is 8.23. The Balaban J connectivity index is 1.66. The smallest absolute Gasteiger partial charge is 0.0132 e. The lowest BCUT2D eigenvalue weighted by atomic mass is 9.68. The molecule has 130 valence electrons. The average molecular weight is 325 g/mol. The maximum absolute atomic E-state index is 2.54. The Kier molecular flexibility index (Phi) is 8.15. The summed E-state index contributed by atoms with van der Waals surface area (Å²) in [5.74, 6) is 4.61. The molecule has 22 heavy (non-hydrogen) atoms. The molecule has 0 spiro atoms. The summed E-state index contributed by atoms with van der Waals surface area (Å²) in [4.78, 5) is 0. The zero-order chi connectivity index (χ0) is 15.8. The second-order valence-electron chi connectivity index (χ2n) is 8.41. The molecule has 0 aliphatic heterocycles. The summed E-state index contributed by atoms with van der Waals surface area (Å²) < 4.78 is 0.615. The normalized spacial score (nSPS) is 36.4. The molecule has 0 nitrogen and oxygen atoms in total. The van der Waals surface area contributed by atoms with E-state index in [4.69, 9.17) is 0 Å². The first-order chi connectivity index (χ1) is 10.7. The van der Waals surface area contributed by atoms with Crippen LogP contribution in [0.2, 0.25) is 0 Å². The van der Waals surface area contributed by atoms with E-state index < -0.39 is 0 Å². The van der Waals surface area contributed by atoms with Gasteiger partial charge in [0.1, 0.15) is 0 Å². The molecule has 0 heterocycles. The lowest BCUT2D eigenvalue weighted by Gasteiger charge is -2.42. The average Bonchev–Trinajstić information content (AvgIpc) is 2.55. The molecule has 2 rings (SSSR count). The van der Waals surface area contributed by atoms with Crippen LogP contribution >= 0.6 is 11.8 Å². The zero-order valence-electron chi connectivity index (χ0n) is 15.5. The minimum Gasteiger partial charge on any atom is -0.155 e. The van der Waals surface area contributed by atoms with Gasteiger partial charge < -0.3 is 0 Å². The second-order valence-corrected chi connectivity index (χ2v) is 10.1. The summed E-state index contributed by atoms with van der Waals surface area (Å²) in [6.07, 6.45) is 19.4. The van der Waals surface area contributed by atoms with Gasteiger partial charge in [-0.25, -0.2) is 0 Å². The molecular weight excluding hydrogens is 284 g/mol. The quantitative estimate of drug-likeness (QED) is 0.417. The Morgan fingerprint density at radius 1 is 0.818 bits per heavy atom. The highest BCUT2D eigenvalue weighted by Crippen LogP contribution is 2.47. The molecule has 2 aliphatic carbocycles. The predicted molar refractivity (Wildman–Crippen MR) is 103 cm³/mol. The molecule has 0 aromatic rings. The van der Waals surface area contributed by atoms with Crippen molar-refractivity contribution >= 4 is 11.8 Å². The number of hydrogen-bond donors (Lipinski definition) is 0. The summed E-state index contributed by atoms with van der Waals surface area (Å²) in [6, 6.07) is 0. The summed E-state index contributed by atoms with van der Waals surface area (Å²) in [5.41, 5.74) is 0. The van der Waals surface area contributed by atoms with Gasteiger partial charge in [0.2, 0.25) is 0 Å². The summed E-state index contributed by atoms with van der Waals surface area (Å²) in [7, 11) is 0. The monoisotopic (exact) mass is 324 g/mol. The third-order valence-electron chi connectivity index (χ3n) is 6.52. The molecule has 1 heteroatoms. The molecule has 0 aromatic carbocycles. The van der Waals surface area contributed by atoms with Crippen LogP contribution in [0, 0.1) is 17.8 Å². The van der Waals surface area contributed by atoms with Gasteiger partial charge in [-0.3, -0.25) is 0 Å². The molecule has 0 N–H and O–H groups in total. The first-order valence-electron chi connectivity index (χ1n) is 10.3. The standard InChI is InChI=1S/C21H40S/c1-4-6-7-8-18-9-11-19(12-10-18)20-13-15-21(3,16-14-20)22-17-5-2/h18-20H,4-17H2,1-3H3. The minimum absolute atomic E-state index is 0.615. The molecule has 0 unspecified atom stereocenters. The van der Waals surface area contributed by atoms with Crippen molar-refractivity contribution in [3.05, 3.63) is 0 Å². The van der Waals surface area contributed by atoms with Crippen molar-refractivity contribution in [2.45, 2.75) is 109 Å². The summed E-state index contributed by atoms with van der Waals surface area (Å²) >= 11 is 2.26. The van der Waals surface area contributed by atoms with Crippen molar-refractivity contribution in [2.24, 2.45) is 17.8 Å². The topological polar surface area (TPSA) is 0 Å². The van der Waals surface area contributed by atoms with Crippen LogP contribution in [0.4, 0.5) is 0 Å². The molecule has 0 bridgehead atoms. The van der Waals surface area contributed by atoms with Gasteiger partial charge in [-0.15, -0.1) is 0 Å².